The monoisotopic (exact) mass is 211 g/mol. The Balaban J connectivity index is 1.95. The summed E-state index contributed by atoms with van der Waals surface area (Å²) in [5.74, 6) is 1.20. The minimum atomic E-state index is -0.104. The fraction of sp³-hybridized carbons (Fsp3) is 0.727. The second-order valence-corrected chi connectivity index (χ2v) is 5.15. The smallest absolute Gasteiger partial charge is 0.0794 e. The lowest BCUT2D eigenvalue weighted by Gasteiger charge is -2.31. The third-order valence-electron chi connectivity index (χ3n) is 3.16. The van der Waals surface area contributed by atoms with Crippen molar-refractivity contribution in [3.8, 4) is 0 Å². The van der Waals surface area contributed by atoms with Gasteiger partial charge in [0.15, 0.2) is 0 Å². The van der Waals surface area contributed by atoms with Gasteiger partial charge in [-0.25, -0.2) is 4.98 Å². The molecule has 0 amide bonds. The van der Waals surface area contributed by atoms with E-state index >= 15 is 0 Å². The van der Waals surface area contributed by atoms with E-state index in [1.807, 2.05) is 5.51 Å². The molecule has 2 nitrogen and oxygen atoms in total. The van der Waals surface area contributed by atoms with Gasteiger partial charge in [0.25, 0.3) is 0 Å². The number of aromatic nitrogens is 1. The summed E-state index contributed by atoms with van der Waals surface area (Å²) in [5.41, 5.74) is 3.02. The zero-order chi connectivity index (χ0) is 9.97. The fourth-order valence-electron chi connectivity index (χ4n) is 2.31. The summed E-state index contributed by atoms with van der Waals surface area (Å²) in [6.45, 7) is 2.28. The third kappa shape index (κ3) is 2.34. The Morgan fingerprint density at radius 3 is 3.14 bits per heavy atom. The van der Waals surface area contributed by atoms with Gasteiger partial charge in [-0.2, -0.15) is 0 Å². The Hall–Kier alpha value is -0.410. The zero-order valence-electron chi connectivity index (χ0n) is 8.52. The minimum absolute atomic E-state index is 0.104. The maximum atomic E-state index is 9.86. The molecule has 1 aromatic heterocycles. The number of hydrogen-bond acceptors (Lipinski definition) is 3. The van der Waals surface area contributed by atoms with Crippen LogP contribution in [0, 0.1) is 11.8 Å². The average Bonchev–Trinajstić information content (AvgIpc) is 2.64. The number of nitrogens with zero attached hydrogens (tertiary/aromatic N) is 1. The van der Waals surface area contributed by atoms with Gasteiger partial charge in [-0.3, -0.25) is 0 Å². The number of hydrogen-bond donors (Lipinski definition) is 1. The Labute approximate surface area is 89.0 Å². The molecule has 3 heteroatoms. The van der Waals surface area contributed by atoms with Gasteiger partial charge >= 0.3 is 0 Å². The third-order valence-corrected chi connectivity index (χ3v) is 3.79. The molecule has 0 saturated heterocycles. The van der Waals surface area contributed by atoms with Crippen molar-refractivity contribution in [2.45, 2.75) is 38.7 Å². The molecule has 1 aliphatic carbocycles. The Morgan fingerprint density at radius 2 is 2.43 bits per heavy atom. The summed E-state index contributed by atoms with van der Waals surface area (Å²) in [7, 11) is 0. The van der Waals surface area contributed by atoms with E-state index < -0.39 is 0 Å². The van der Waals surface area contributed by atoms with Gasteiger partial charge in [0, 0.05) is 5.38 Å². The van der Waals surface area contributed by atoms with Crippen molar-refractivity contribution in [1.82, 2.24) is 4.98 Å². The molecule has 0 aromatic carbocycles. The van der Waals surface area contributed by atoms with Crippen LogP contribution in [0.5, 0.6) is 0 Å². The SMILES string of the molecule is CC1CCC(O)C(Cc2cscn2)C1. The maximum Gasteiger partial charge on any atom is 0.0794 e. The molecule has 1 saturated carbocycles. The van der Waals surface area contributed by atoms with E-state index in [0.717, 1.165) is 30.9 Å². The summed E-state index contributed by atoms with van der Waals surface area (Å²) >= 11 is 1.64. The Bertz CT molecular complexity index is 273. The van der Waals surface area contributed by atoms with Gasteiger partial charge < -0.3 is 5.11 Å². The highest BCUT2D eigenvalue weighted by Gasteiger charge is 2.27. The van der Waals surface area contributed by atoms with Crippen LogP contribution >= 0.6 is 11.3 Å². The van der Waals surface area contributed by atoms with E-state index in [1.165, 1.54) is 6.42 Å². The van der Waals surface area contributed by atoms with Crippen molar-refractivity contribution in [2.24, 2.45) is 11.8 Å². The van der Waals surface area contributed by atoms with Crippen LogP contribution in [-0.4, -0.2) is 16.2 Å². The molecule has 1 N–H and O–H groups in total. The van der Waals surface area contributed by atoms with Gasteiger partial charge in [-0.15, -0.1) is 11.3 Å². The highest BCUT2D eigenvalue weighted by atomic mass is 32.1. The first-order valence-corrected chi connectivity index (χ1v) is 6.25. The quantitative estimate of drug-likeness (QED) is 0.815. The van der Waals surface area contributed by atoms with Crippen LogP contribution in [0.25, 0.3) is 0 Å². The molecular weight excluding hydrogens is 194 g/mol. The first kappa shape index (κ1) is 10.1. The van der Waals surface area contributed by atoms with E-state index in [4.69, 9.17) is 0 Å². The van der Waals surface area contributed by atoms with Crippen LogP contribution in [0.15, 0.2) is 10.9 Å². The van der Waals surface area contributed by atoms with Crippen molar-refractivity contribution in [1.29, 1.82) is 0 Å². The van der Waals surface area contributed by atoms with Crippen LogP contribution in [0.4, 0.5) is 0 Å². The summed E-state index contributed by atoms with van der Waals surface area (Å²) in [6, 6.07) is 0. The van der Waals surface area contributed by atoms with E-state index in [9.17, 15) is 5.11 Å². The Morgan fingerprint density at radius 1 is 1.57 bits per heavy atom. The molecule has 0 aliphatic heterocycles. The second kappa shape index (κ2) is 4.41. The molecular formula is C11H17NOS. The van der Waals surface area contributed by atoms with Gasteiger partial charge in [-0.05, 0) is 37.5 Å². The largest absolute Gasteiger partial charge is 0.393 e. The summed E-state index contributed by atoms with van der Waals surface area (Å²) < 4.78 is 0. The molecule has 1 aliphatic rings. The van der Waals surface area contributed by atoms with E-state index in [2.05, 4.69) is 17.3 Å². The average molecular weight is 211 g/mol. The zero-order valence-corrected chi connectivity index (χ0v) is 9.33. The van der Waals surface area contributed by atoms with Crippen LogP contribution in [0.2, 0.25) is 0 Å². The summed E-state index contributed by atoms with van der Waals surface area (Å²) in [6.07, 6.45) is 4.14. The lowest BCUT2D eigenvalue weighted by molar-refractivity contribution is 0.0515. The van der Waals surface area contributed by atoms with Crippen molar-refractivity contribution in [3.05, 3.63) is 16.6 Å². The van der Waals surface area contributed by atoms with Crippen molar-refractivity contribution in [3.63, 3.8) is 0 Å². The van der Waals surface area contributed by atoms with Gasteiger partial charge in [0.2, 0.25) is 0 Å². The molecule has 0 radical (unpaired) electrons. The number of rotatable bonds is 2. The standard InChI is InChI=1S/C11H17NOS/c1-8-2-3-11(13)9(4-8)5-10-6-14-7-12-10/h6-9,11,13H,2-5H2,1H3. The van der Waals surface area contributed by atoms with Gasteiger partial charge in [-0.1, -0.05) is 6.92 Å². The van der Waals surface area contributed by atoms with Crippen LogP contribution in [0.1, 0.15) is 31.9 Å². The molecule has 3 atom stereocenters. The fourth-order valence-corrected chi connectivity index (χ4v) is 2.88. The highest BCUT2D eigenvalue weighted by molar-refractivity contribution is 7.07. The number of thiazole rings is 1. The lowest BCUT2D eigenvalue weighted by Crippen LogP contribution is -2.29. The molecule has 3 unspecified atom stereocenters. The Kier molecular flexibility index (Phi) is 3.19. The molecule has 14 heavy (non-hydrogen) atoms. The molecule has 0 bridgehead atoms. The highest BCUT2D eigenvalue weighted by Crippen LogP contribution is 2.31. The van der Waals surface area contributed by atoms with Crippen LogP contribution in [-0.2, 0) is 6.42 Å². The van der Waals surface area contributed by atoms with Crippen LogP contribution < -0.4 is 0 Å². The van der Waals surface area contributed by atoms with Crippen molar-refractivity contribution < 1.29 is 5.11 Å². The molecule has 1 heterocycles. The van der Waals surface area contributed by atoms with E-state index in [1.54, 1.807) is 11.3 Å². The summed E-state index contributed by atoms with van der Waals surface area (Å²) in [5, 5.41) is 12.0. The molecule has 1 fully saturated rings. The minimum Gasteiger partial charge on any atom is -0.393 e. The number of aliphatic hydroxyl groups excluding tert-OH is 1. The van der Waals surface area contributed by atoms with Crippen LogP contribution in [0.3, 0.4) is 0 Å². The van der Waals surface area contributed by atoms with E-state index in [-0.39, 0.29) is 6.10 Å². The topological polar surface area (TPSA) is 33.1 Å². The van der Waals surface area contributed by atoms with Crippen molar-refractivity contribution >= 4 is 11.3 Å². The van der Waals surface area contributed by atoms with Gasteiger partial charge in [0.1, 0.15) is 0 Å². The first-order chi connectivity index (χ1) is 6.75. The molecule has 1 aromatic rings. The van der Waals surface area contributed by atoms with E-state index in [0.29, 0.717) is 5.92 Å². The van der Waals surface area contributed by atoms with Gasteiger partial charge in [0.05, 0.1) is 17.3 Å². The molecule has 78 valence electrons. The summed E-state index contributed by atoms with van der Waals surface area (Å²) in [4.78, 5) is 4.28. The lowest BCUT2D eigenvalue weighted by atomic mass is 9.78. The normalized spacial score (nSPS) is 33.1. The first-order valence-electron chi connectivity index (χ1n) is 5.31. The second-order valence-electron chi connectivity index (χ2n) is 4.43. The molecule has 0 spiro atoms. The predicted molar refractivity (Wildman–Crippen MR) is 58.3 cm³/mol. The molecule has 2 rings (SSSR count). The predicted octanol–water partition coefficient (Wildman–Crippen LogP) is 2.48. The number of aliphatic hydroxyl groups is 1. The maximum absolute atomic E-state index is 9.86. The van der Waals surface area contributed by atoms with Crippen molar-refractivity contribution in [2.75, 3.05) is 0 Å².